The zero-order valence-electron chi connectivity index (χ0n) is 17.0. The molecule has 1 aromatic rings. The van der Waals surface area contributed by atoms with E-state index >= 15 is 4.39 Å². The van der Waals surface area contributed by atoms with E-state index in [-0.39, 0.29) is 12.5 Å². The molecule has 0 radical (unpaired) electrons. The summed E-state index contributed by atoms with van der Waals surface area (Å²) in [6.07, 6.45) is -2.45. The van der Waals surface area contributed by atoms with Crippen LogP contribution in [0, 0.1) is 18.8 Å². The molecule has 0 unspecified atom stereocenters. The van der Waals surface area contributed by atoms with Crippen molar-refractivity contribution in [2.75, 3.05) is 6.61 Å². The average Bonchev–Trinajstić information content (AvgIpc) is 2.83. The van der Waals surface area contributed by atoms with Gasteiger partial charge in [0.2, 0.25) is 0 Å². The molecule has 0 saturated carbocycles. The summed E-state index contributed by atoms with van der Waals surface area (Å²) in [5.74, 6) is -1.98. The number of ether oxygens (including phenoxy) is 3. The minimum absolute atomic E-state index is 0.308. The lowest BCUT2D eigenvalue weighted by atomic mass is 9.98. The molecule has 9 heteroatoms. The van der Waals surface area contributed by atoms with E-state index in [2.05, 4.69) is 4.98 Å². The van der Waals surface area contributed by atoms with Crippen molar-refractivity contribution in [1.82, 2.24) is 9.55 Å². The Morgan fingerprint density at radius 1 is 1.29 bits per heavy atom. The summed E-state index contributed by atoms with van der Waals surface area (Å²) >= 11 is 0. The smallest absolute Gasteiger partial charge is 0.349 e. The van der Waals surface area contributed by atoms with E-state index in [1.807, 2.05) is 0 Å². The van der Waals surface area contributed by atoms with Crippen molar-refractivity contribution in [3.8, 4) is 0 Å². The van der Waals surface area contributed by atoms with Crippen molar-refractivity contribution in [2.45, 2.75) is 65.6 Å². The molecule has 2 rings (SSSR count). The molecule has 0 N–H and O–H groups in total. The second kappa shape index (κ2) is 8.38. The number of aryl methyl sites for hydroxylation is 1. The van der Waals surface area contributed by atoms with Gasteiger partial charge >= 0.3 is 17.6 Å². The SMILES string of the molecule is Cc1ccn([C@@H]2O[C@H](COC(=O)C(C)C)[C@@H](OC(=O)C(C)C)[C@@]2(C)F)c(=O)n1. The molecule has 156 valence electrons. The van der Waals surface area contributed by atoms with Crippen LogP contribution in [0.15, 0.2) is 17.1 Å². The van der Waals surface area contributed by atoms with Crippen LogP contribution in [0.2, 0.25) is 0 Å². The fourth-order valence-corrected chi connectivity index (χ4v) is 2.80. The third-order valence-electron chi connectivity index (χ3n) is 4.48. The number of nitrogens with zero attached hydrogens (tertiary/aromatic N) is 2. The minimum Gasteiger partial charge on any atom is -0.463 e. The first kappa shape index (κ1) is 22.0. The molecule has 0 aromatic carbocycles. The largest absolute Gasteiger partial charge is 0.463 e. The zero-order chi connectivity index (χ0) is 21.2. The number of carbonyl (C=O) groups excluding carboxylic acids is 2. The van der Waals surface area contributed by atoms with Crippen LogP contribution in [0.4, 0.5) is 4.39 Å². The molecule has 1 fully saturated rings. The van der Waals surface area contributed by atoms with E-state index in [0.29, 0.717) is 5.69 Å². The Kier molecular flexibility index (Phi) is 6.59. The maximum absolute atomic E-state index is 15.7. The predicted octanol–water partition coefficient (Wildman–Crippen LogP) is 1.94. The molecule has 0 spiro atoms. The van der Waals surface area contributed by atoms with Gasteiger partial charge in [-0.25, -0.2) is 9.18 Å². The molecule has 1 saturated heterocycles. The number of hydrogen-bond acceptors (Lipinski definition) is 7. The number of rotatable bonds is 6. The number of alkyl halides is 1. The zero-order valence-corrected chi connectivity index (χ0v) is 17.0. The highest BCUT2D eigenvalue weighted by Gasteiger charge is 2.58. The van der Waals surface area contributed by atoms with Crippen LogP contribution in [0.1, 0.15) is 46.5 Å². The topological polar surface area (TPSA) is 96.7 Å². The molecule has 4 atom stereocenters. The maximum atomic E-state index is 15.7. The summed E-state index contributed by atoms with van der Waals surface area (Å²) in [6.45, 7) is 9.07. The lowest BCUT2D eigenvalue weighted by Crippen LogP contribution is -2.46. The summed E-state index contributed by atoms with van der Waals surface area (Å²) in [5.41, 5.74) is -2.46. The van der Waals surface area contributed by atoms with Crippen LogP contribution >= 0.6 is 0 Å². The van der Waals surface area contributed by atoms with Crippen molar-refractivity contribution in [1.29, 1.82) is 0 Å². The third-order valence-corrected chi connectivity index (χ3v) is 4.48. The van der Waals surface area contributed by atoms with Gasteiger partial charge in [-0.3, -0.25) is 14.2 Å². The summed E-state index contributed by atoms with van der Waals surface area (Å²) in [7, 11) is 0. The highest BCUT2D eigenvalue weighted by molar-refractivity contribution is 5.72. The van der Waals surface area contributed by atoms with E-state index in [1.54, 1.807) is 40.7 Å². The molecule has 1 aliphatic rings. The van der Waals surface area contributed by atoms with Crippen molar-refractivity contribution in [3.63, 3.8) is 0 Å². The monoisotopic (exact) mass is 398 g/mol. The van der Waals surface area contributed by atoms with Crippen molar-refractivity contribution < 1.29 is 28.2 Å². The third kappa shape index (κ3) is 4.57. The van der Waals surface area contributed by atoms with Gasteiger partial charge in [-0.05, 0) is 19.9 Å². The van der Waals surface area contributed by atoms with E-state index in [0.717, 1.165) is 4.57 Å². The van der Waals surface area contributed by atoms with Gasteiger partial charge in [-0.1, -0.05) is 27.7 Å². The molecular weight excluding hydrogens is 371 g/mol. The second-order valence-electron chi connectivity index (χ2n) is 7.73. The van der Waals surface area contributed by atoms with E-state index < -0.39 is 47.7 Å². The van der Waals surface area contributed by atoms with Gasteiger partial charge < -0.3 is 14.2 Å². The lowest BCUT2D eigenvalue weighted by Gasteiger charge is -2.28. The van der Waals surface area contributed by atoms with Gasteiger partial charge in [0.1, 0.15) is 12.7 Å². The van der Waals surface area contributed by atoms with E-state index in [4.69, 9.17) is 14.2 Å². The molecule has 0 aliphatic carbocycles. The number of hydrogen-bond donors (Lipinski definition) is 0. The first-order valence-electron chi connectivity index (χ1n) is 9.22. The fraction of sp³-hybridized carbons (Fsp3) is 0.684. The highest BCUT2D eigenvalue weighted by atomic mass is 19.1. The normalized spacial score (nSPS) is 27.2. The van der Waals surface area contributed by atoms with Crippen LogP contribution in [-0.2, 0) is 23.8 Å². The number of esters is 2. The van der Waals surface area contributed by atoms with Gasteiger partial charge in [-0.2, -0.15) is 4.98 Å². The summed E-state index contributed by atoms with van der Waals surface area (Å²) < 4.78 is 32.9. The molecule has 1 aliphatic heterocycles. The van der Waals surface area contributed by atoms with Crippen molar-refractivity contribution in [3.05, 3.63) is 28.4 Å². The average molecular weight is 398 g/mol. The van der Waals surface area contributed by atoms with Crippen LogP contribution in [0.5, 0.6) is 0 Å². The van der Waals surface area contributed by atoms with Gasteiger partial charge in [0.05, 0.1) is 11.8 Å². The standard InChI is InChI=1S/C19H27FN2O6/c1-10(2)15(23)26-9-13-14(28-16(24)11(3)4)19(6,20)17(27-13)22-8-7-12(5)21-18(22)25/h7-8,10-11,13-14,17H,9H2,1-6H3/t13-,14-,17-,19-/m1/s1. The first-order valence-corrected chi connectivity index (χ1v) is 9.22. The summed E-state index contributed by atoms with van der Waals surface area (Å²) in [6, 6.07) is 1.54. The number of aromatic nitrogens is 2. The Morgan fingerprint density at radius 3 is 2.43 bits per heavy atom. The minimum atomic E-state index is -2.25. The molecule has 8 nitrogen and oxygen atoms in total. The quantitative estimate of drug-likeness (QED) is 0.676. The molecule has 0 bridgehead atoms. The number of carbonyl (C=O) groups is 2. The lowest BCUT2D eigenvalue weighted by molar-refractivity contribution is -0.165. The Balaban J connectivity index is 2.34. The summed E-state index contributed by atoms with van der Waals surface area (Å²) in [5, 5.41) is 0. The van der Waals surface area contributed by atoms with Crippen LogP contribution < -0.4 is 5.69 Å². The first-order chi connectivity index (χ1) is 12.9. The Labute approximate surface area is 163 Å². The Bertz CT molecular complexity index is 789. The highest BCUT2D eigenvalue weighted by Crippen LogP contribution is 2.42. The van der Waals surface area contributed by atoms with Gasteiger partial charge in [0, 0.05) is 11.9 Å². The maximum Gasteiger partial charge on any atom is 0.349 e. The Hall–Kier alpha value is -2.29. The van der Waals surface area contributed by atoms with Gasteiger partial charge in [0.15, 0.2) is 18.0 Å². The van der Waals surface area contributed by atoms with Crippen LogP contribution in [0.25, 0.3) is 0 Å². The van der Waals surface area contributed by atoms with Crippen molar-refractivity contribution in [2.24, 2.45) is 11.8 Å². The van der Waals surface area contributed by atoms with Crippen molar-refractivity contribution >= 4 is 11.9 Å². The Morgan fingerprint density at radius 2 is 1.89 bits per heavy atom. The van der Waals surface area contributed by atoms with Gasteiger partial charge in [-0.15, -0.1) is 0 Å². The van der Waals surface area contributed by atoms with E-state index in [9.17, 15) is 14.4 Å². The van der Waals surface area contributed by atoms with Gasteiger partial charge in [0.25, 0.3) is 0 Å². The summed E-state index contributed by atoms with van der Waals surface area (Å²) in [4.78, 5) is 39.9. The number of halogens is 1. The molecule has 28 heavy (non-hydrogen) atoms. The second-order valence-corrected chi connectivity index (χ2v) is 7.73. The predicted molar refractivity (Wildman–Crippen MR) is 97.2 cm³/mol. The molecular formula is C19H27FN2O6. The fourth-order valence-electron chi connectivity index (χ4n) is 2.80. The van der Waals surface area contributed by atoms with Crippen LogP contribution in [-0.4, -0.2) is 46.0 Å². The molecule has 1 aromatic heterocycles. The molecule has 2 heterocycles. The van der Waals surface area contributed by atoms with Crippen LogP contribution in [0.3, 0.4) is 0 Å². The van der Waals surface area contributed by atoms with E-state index in [1.165, 1.54) is 13.1 Å². The molecule has 0 amide bonds.